The second-order valence-corrected chi connectivity index (χ2v) is 4.94. The van der Waals surface area contributed by atoms with E-state index < -0.39 is 10.2 Å². The molecule has 1 heterocycles. The third-order valence-electron chi connectivity index (χ3n) is 2.14. The molecular weight excluding hydrogens is 256 g/mol. The summed E-state index contributed by atoms with van der Waals surface area (Å²) >= 11 is 0. The Labute approximate surface area is 104 Å². The maximum Gasteiger partial charge on any atom is 0.320 e. The fourth-order valence-electron chi connectivity index (χ4n) is 1.56. The molecule has 18 heavy (non-hydrogen) atoms. The highest BCUT2D eigenvalue weighted by Gasteiger charge is 2.04. The van der Waals surface area contributed by atoms with Crippen molar-refractivity contribution in [2.24, 2.45) is 15.3 Å². The molecule has 0 unspecified atom stereocenters. The van der Waals surface area contributed by atoms with Crippen LogP contribution >= 0.6 is 0 Å². The summed E-state index contributed by atoms with van der Waals surface area (Å²) in [7, 11) is -4.00. The Morgan fingerprint density at radius 2 is 2.11 bits per heavy atom. The van der Waals surface area contributed by atoms with Gasteiger partial charge >= 0.3 is 10.2 Å². The molecule has 0 amide bonds. The van der Waals surface area contributed by atoms with Crippen LogP contribution in [0, 0.1) is 6.92 Å². The van der Waals surface area contributed by atoms with E-state index in [4.69, 9.17) is 15.3 Å². The Balaban J connectivity index is 2.29. The molecule has 7 nitrogen and oxygen atoms in total. The molecule has 1 aromatic carbocycles. The van der Waals surface area contributed by atoms with Gasteiger partial charge in [0.1, 0.15) is 11.3 Å². The molecule has 8 heteroatoms. The van der Waals surface area contributed by atoms with Crippen molar-refractivity contribution in [3.8, 4) is 0 Å². The van der Waals surface area contributed by atoms with Crippen molar-refractivity contribution < 1.29 is 12.8 Å². The predicted octanol–water partition coefficient (Wildman–Crippen LogP) is 0.671. The number of anilines is 1. The van der Waals surface area contributed by atoms with E-state index in [1.165, 1.54) is 0 Å². The number of hydrogen-bond donors (Lipinski definition) is 3. The molecular formula is C10H12N4O3S. The summed E-state index contributed by atoms with van der Waals surface area (Å²) in [6.45, 7) is 1.84. The number of aryl methyl sites for hydroxylation is 1. The normalized spacial score (nSPS) is 12.9. The molecule has 2 aromatic rings. The fourth-order valence-corrected chi connectivity index (χ4v) is 1.88. The maximum absolute atomic E-state index is 10.7. The number of benzene rings is 1. The molecule has 0 radical (unpaired) electrons. The number of fused-ring (bicyclic) bond motifs is 1. The first-order valence-electron chi connectivity index (χ1n) is 4.99. The minimum absolute atomic E-state index is 0.294. The summed E-state index contributed by atoms with van der Waals surface area (Å²) in [5.41, 5.74) is 6.72. The molecule has 1 aromatic heterocycles. The molecule has 0 aliphatic carbocycles. The third-order valence-corrected chi connectivity index (χ3v) is 2.59. The molecule has 0 spiro atoms. The van der Waals surface area contributed by atoms with E-state index in [-0.39, 0.29) is 5.96 Å². The fraction of sp³-hybridized carbons (Fsp3) is 0.100. The van der Waals surface area contributed by atoms with Gasteiger partial charge in [-0.05, 0) is 31.2 Å². The number of nitrogens with two attached hydrogens (primary N) is 2. The number of furan rings is 1. The largest absolute Gasteiger partial charge is 0.461 e. The zero-order valence-corrected chi connectivity index (χ0v) is 10.4. The summed E-state index contributed by atoms with van der Waals surface area (Å²) in [6.07, 6.45) is 0. The standard InChI is InChI=1S/C10H12N4O3S/c1-6-4-7-5-8(2-3-9(7)17-6)13-10(11)14-18(12,15)16/h2-5H,1H3,(H3,11,13,14)(H2,12,15,16). The second-order valence-electron chi connectivity index (χ2n) is 3.73. The van der Waals surface area contributed by atoms with Crippen molar-refractivity contribution in [1.82, 2.24) is 0 Å². The van der Waals surface area contributed by atoms with Crippen LogP contribution in [0.2, 0.25) is 0 Å². The topological polar surface area (TPSA) is 124 Å². The minimum Gasteiger partial charge on any atom is -0.461 e. The average molecular weight is 268 g/mol. The molecule has 5 N–H and O–H groups in total. The van der Waals surface area contributed by atoms with Crippen molar-refractivity contribution in [3.63, 3.8) is 0 Å². The Hall–Kier alpha value is -2.06. The zero-order valence-electron chi connectivity index (χ0n) is 9.54. The van der Waals surface area contributed by atoms with E-state index in [1.807, 2.05) is 13.0 Å². The minimum atomic E-state index is -4.00. The summed E-state index contributed by atoms with van der Waals surface area (Å²) in [4.78, 5) is 0. The highest BCUT2D eigenvalue weighted by molar-refractivity contribution is 7.88. The van der Waals surface area contributed by atoms with Crippen LogP contribution in [0.1, 0.15) is 5.76 Å². The van der Waals surface area contributed by atoms with E-state index in [9.17, 15) is 8.42 Å². The SMILES string of the molecule is Cc1cc2cc(NC(N)=NS(N)(=O)=O)ccc2o1. The molecule has 0 atom stereocenters. The van der Waals surface area contributed by atoms with E-state index in [0.717, 1.165) is 16.7 Å². The van der Waals surface area contributed by atoms with Gasteiger partial charge in [0.05, 0.1) is 0 Å². The van der Waals surface area contributed by atoms with Gasteiger partial charge in [0, 0.05) is 11.1 Å². The van der Waals surface area contributed by atoms with Crippen LogP contribution in [-0.4, -0.2) is 14.4 Å². The molecule has 0 bridgehead atoms. The lowest BCUT2D eigenvalue weighted by Gasteiger charge is -2.04. The molecule has 0 fully saturated rings. The highest BCUT2D eigenvalue weighted by Crippen LogP contribution is 2.22. The van der Waals surface area contributed by atoms with Gasteiger partial charge in [0.25, 0.3) is 0 Å². The van der Waals surface area contributed by atoms with Gasteiger partial charge in [-0.25, -0.2) is 5.14 Å². The van der Waals surface area contributed by atoms with Gasteiger partial charge in [-0.2, -0.15) is 8.42 Å². The zero-order chi connectivity index (χ0) is 13.3. The molecule has 0 aliphatic heterocycles. The predicted molar refractivity (Wildman–Crippen MR) is 69.3 cm³/mol. The first-order chi connectivity index (χ1) is 8.33. The van der Waals surface area contributed by atoms with E-state index in [1.54, 1.807) is 18.2 Å². The number of nitrogens with zero attached hydrogens (tertiary/aromatic N) is 1. The Morgan fingerprint density at radius 3 is 2.78 bits per heavy atom. The van der Waals surface area contributed by atoms with E-state index >= 15 is 0 Å². The van der Waals surface area contributed by atoms with Crippen LogP contribution in [0.5, 0.6) is 0 Å². The van der Waals surface area contributed by atoms with Crippen molar-refractivity contribution in [3.05, 3.63) is 30.0 Å². The van der Waals surface area contributed by atoms with Gasteiger partial charge in [-0.15, -0.1) is 4.40 Å². The lowest BCUT2D eigenvalue weighted by molar-refractivity contribution is 0.578. The van der Waals surface area contributed by atoms with Crippen LogP contribution in [0.25, 0.3) is 11.0 Å². The molecule has 0 saturated carbocycles. The number of rotatable bonds is 2. The molecule has 0 saturated heterocycles. The van der Waals surface area contributed by atoms with Crippen LogP contribution < -0.4 is 16.2 Å². The summed E-state index contributed by atoms with van der Waals surface area (Å²) in [5, 5.41) is 8.24. The number of hydrogen-bond acceptors (Lipinski definition) is 3. The van der Waals surface area contributed by atoms with Gasteiger partial charge in [-0.1, -0.05) is 0 Å². The summed E-state index contributed by atoms with van der Waals surface area (Å²) in [5.74, 6) is 0.491. The second kappa shape index (κ2) is 4.31. The van der Waals surface area contributed by atoms with Crippen molar-refractivity contribution in [2.75, 3.05) is 5.32 Å². The van der Waals surface area contributed by atoms with E-state index in [0.29, 0.717) is 5.69 Å². The summed E-state index contributed by atoms with van der Waals surface area (Å²) in [6, 6.07) is 7.05. The van der Waals surface area contributed by atoms with E-state index in [2.05, 4.69) is 9.71 Å². The van der Waals surface area contributed by atoms with Gasteiger partial charge in [-0.3, -0.25) is 0 Å². The average Bonchev–Trinajstić information content (AvgIpc) is 2.53. The maximum atomic E-state index is 10.7. The third kappa shape index (κ3) is 2.99. The van der Waals surface area contributed by atoms with Gasteiger partial charge in [0.2, 0.25) is 5.96 Å². The van der Waals surface area contributed by atoms with Gasteiger partial charge in [0.15, 0.2) is 0 Å². The van der Waals surface area contributed by atoms with Crippen LogP contribution in [0.4, 0.5) is 5.69 Å². The first kappa shape index (κ1) is 12.4. The monoisotopic (exact) mass is 268 g/mol. The smallest absolute Gasteiger partial charge is 0.320 e. The molecule has 2 rings (SSSR count). The van der Waals surface area contributed by atoms with Crippen LogP contribution in [0.15, 0.2) is 33.1 Å². The van der Waals surface area contributed by atoms with Crippen LogP contribution in [-0.2, 0) is 10.2 Å². The Bertz CT molecular complexity index is 718. The van der Waals surface area contributed by atoms with Crippen molar-refractivity contribution in [2.45, 2.75) is 6.92 Å². The summed E-state index contributed by atoms with van der Waals surface area (Å²) < 4.78 is 29.9. The highest BCUT2D eigenvalue weighted by atomic mass is 32.2. The molecule has 96 valence electrons. The van der Waals surface area contributed by atoms with Crippen LogP contribution in [0.3, 0.4) is 0 Å². The van der Waals surface area contributed by atoms with Gasteiger partial charge < -0.3 is 15.5 Å². The number of guanidine groups is 1. The number of nitrogens with one attached hydrogen (secondary N) is 1. The first-order valence-corrected chi connectivity index (χ1v) is 6.49. The Kier molecular flexibility index (Phi) is 2.97. The van der Waals surface area contributed by atoms with Crippen molar-refractivity contribution >= 4 is 32.8 Å². The van der Waals surface area contributed by atoms with Crippen molar-refractivity contribution in [1.29, 1.82) is 0 Å². The quantitative estimate of drug-likeness (QED) is 0.545. The lowest BCUT2D eigenvalue weighted by atomic mass is 10.2. The molecule has 0 aliphatic rings. The Morgan fingerprint density at radius 1 is 1.39 bits per heavy atom. The lowest BCUT2D eigenvalue weighted by Crippen LogP contribution is -2.25.